The maximum atomic E-state index is 10.5. The largest absolute Gasteiger partial charge is 0.406 e. The van der Waals surface area contributed by atoms with Crippen LogP contribution in [-0.2, 0) is 7.05 Å². The van der Waals surface area contributed by atoms with E-state index in [0.29, 0.717) is 12.4 Å². The molecule has 0 radical (unpaired) electrons. The third kappa shape index (κ3) is 1.84. The number of aromatic nitrogens is 2. The maximum absolute atomic E-state index is 10.5. The van der Waals surface area contributed by atoms with Crippen LogP contribution >= 0.6 is 0 Å². The minimum atomic E-state index is -0.522. The van der Waals surface area contributed by atoms with Gasteiger partial charge in [-0.1, -0.05) is 6.08 Å². The molecule has 0 aliphatic heterocycles. The molecule has 1 aromatic rings. The van der Waals surface area contributed by atoms with Gasteiger partial charge in [-0.25, -0.2) is 0 Å². The summed E-state index contributed by atoms with van der Waals surface area (Å²) < 4.78 is 1.56. The molecule has 6 nitrogen and oxygen atoms in total. The Bertz CT molecular complexity index is 331. The highest BCUT2D eigenvalue weighted by Crippen LogP contribution is 2.20. The number of nitrogens with zero attached hydrogens (tertiary/aromatic N) is 3. The van der Waals surface area contributed by atoms with Crippen LogP contribution in [0.1, 0.15) is 0 Å². The topological polar surface area (TPSA) is 73.0 Å². The zero-order valence-electron chi connectivity index (χ0n) is 7.23. The lowest BCUT2D eigenvalue weighted by Gasteiger charge is -2.01. The number of hydrogen-bond donors (Lipinski definition) is 1. The Morgan fingerprint density at radius 3 is 3.15 bits per heavy atom. The quantitative estimate of drug-likeness (QED) is 0.427. The number of imidazole rings is 1. The highest BCUT2D eigenvalue weighted by atomic mass is 16.6. The fourth-order valence-electron chi connectivity index (χ4n) is 0.924. The normalized spacial score (nSPS) is 9.62. The third-order valence-electron chi connectivity index (χ3n) is 1.50. The molecule has 0 aliphatic rings. The molecule has 0 unspecified atom stereocenters. The van der Waals surface area contributed by atoms with Gasteiger partial charge in [-0.3, -0.25) is 4.57 Å². The Kier molecular flexibility index (Phi) is 2.63. The molecule has 1 rings (SSSR count). The van der Waals surface area contributed by atoms with Gasteiger partial charge in [-0.05, 0) is 9.91 Å². The number of aryl methyl sites for hydroxylation is 1. The van der Waals surface area contributed by atoms with E-state index >= 15 is 0 Å². The fourth-order valence-corrected chi connectivity index (χ4v) is 0.924. The van der Waals surface area contributed by atoms with Crippen LogP contribution in [0, 0.1) is 10.1 Å². The summed E-state index contributed by atoms with van der Waals surface area (Å²) >= 11 is 0. The fraction of sp³-hybridized carbons (Fsp3) is 0.286. The number of rotatable bonds is 4. The second kappa shape index (κ2) is 3.70. The van der Waals surface area contributed by atoms with E-state index < -0.39 is 4.92 Å². The number of anilines is 1. The van der Waals surface area contributed by atoms with Crippen LogP contribution in [0.25, 0.3) is 0 Å². The molecule has 0 aliphatic carbocycles. The minimum absolute atomic E-state index is 0.163. The van der Waals surface area contributed by atoms with Gasteiger partial charge >= 0.3 is 5.82 Å². The third-order valence-corrected chi connectivity index (χ3v) is 1.50. The number of nitrogens with one attached hydrogen (secondary N) is 1. The molecule has 0 atom stereocenters. The minimum Gasteiger partial charge on any atom is -0.361 e. The predicted molar refractivity (Wildman–Crippen MR) is 48.5 cm³/mol. The summed E-state index contributed by atoms with van der Waals surface area (Å²) in [6, 6.07) is 0. The van der Waals surface area contributed by atoms with E-state index in [1.165, 1.54) is 6.33 Å². The zero-order valence-corrected chi connectivity index (χ0v) is 7.23. The maximum Gasteiger partial charge on any atom is 0.406 e. The van der Waals surface area contributed by atoms with Crippen molar-refractivity contribution >= 4 is 11.6 Å². The lowest BCUT2D eigenvalue weighted by molar-refractivity contribution is -0.388. The van der Waals surface area contributed by atoms with E-state index in [2.05, 4.69) is 16.9 Å². The van der Waals surface area contributed by atoms with Gasteiger partial charge in [-0.2, -0.15) is 0 Å². The Hall–Kier alpha value is -1.85. The molecule has 0 aromatic carbocycles. The molecule has 70 valence electrons. The molecule has 0 amide bonds. The Labute approximate surface area is 75.0 Å². The first-order valence-corrected chi connectivity index (χ1v) is 3.67. The Morgan fingerprint density at radius 1 is 1.92 bits per heavy atom. The van der Waals surface area contributed by atoms with Crippen LogP contribution < -0.4 is 5.32 Å². The first-order chi connectivity index (χ1) is 6.16. The van der Waals surface area contributed by atoms with Gasteiger partial charge in [-0.15, -0.1) is 6.58 Å². The number of nitro groups is 1. The molecule has 0 bridgehead atoms. The summed E-state index contributed by atoms with van der Waals surface area (Å²) in [5, 5.41) is 13.3. The van der Waals surface area contributed by atoms with Crippen molar-refractivity contribution in [3.05, 3.63) is 29.1 Å². The molecule has 1 N–H and O–H groups in total. The molecule has 0 saturated carbocycles. The van der Waals surface area contributed by atoms with Gasteiger partial charge in [0.1, 0.15) is 0 Å². The van der Waals surface area contributed by atoms with Gasteiger partial charge in [0.25, 0.3) is 0 Å². The summed E-state index contributed by atoms with van der Waals surface area (Å²) in [7, 11) is 1.69. The van der Waals surface area contributed by atoms with E-state index in [9.17, 15) is 10.1 Å². The monoisotopic (exact) mass is 182 g/mol. The highest BCUT2D eigenvalue weighted by Gasteiger charge is 2.18. The SMILES string of the molecule is C=CCNc1c([N+](=O)[O-])ncn1C. The molecule has 13 heavy (non-hydrogen) atoms. The van der Waals surface area contributed by atoms with Crippen LogP contribution in [0.5, 0.6) is 0 Å². The molecule has 0 fully saturated rings. The first-order valence-electron chi connectivity index (χ1n) is 3.67. The van der Waals surface area contributed by atoms with E-state index in [1.807, 2.05) is 0 Å². The molecule has 6 heteroatoms. The van der Waals surface area contributed by atoms with Crippen LogP contribution in [0.2, 0.25) is 0 Å². The van der Waals surface area contributed by atoms with Gasteiger partial charge < -0.3 is 15.4 Å². The van der Waals surface area contributed by atoms with E-state index in [-0.39, 0.29) is 5.82 Å². The van der Waals surface area contributed by atoms with Crippen molar-refractivity contribution in [2.75, 3.05) is 11.9 Å². The van der Waals surface area contributed by atoms with Crippen molar-refractivity contribution in [2.45, 2.75) is 0 Å². The average Bonchev–Trinajstić information content (AvgIpc) is 2.43. The highest BCUT2D eigenvalue weighted by molar-refractivity contribution is 5.52. The van der Waals surface area contributed by atoms with E-state index in [4.69, 9.17) is 0 Å². The first kappa shape index (κ1) is 9.24. The lowest BCUT2D eigenvalue weighted by atomic mass is 10.5. The van der Waals surface area contributed by atoms with Crippen LogP contribution in [0.15, 0.2) is 19.0 Å². The molecular weight excluding hydrogens is 172 g/mol. The van der Waals surface area contributed by atoms with Crippen molar-refractivity contribution in [3.63, 3.8) is 0 Å². The van der Waals surface area contributed by atoms with Gasteiger partial charge in [0.2, 0.25) is 12.1 Å². The summed E-state index contributed by atoms with van der Waals surface area (Å²) in [5.41, 5.74) is 0. The Balaban J connectivity index is 2.94. The van der Waals surface area contributed by atoms with Crippen molar-refractivity contribution in [3.8, 4) is 0 Å². The van der Waals surface area contributed by atoms with Crippen LogP contribution in [-0.4, -0.2) is 21.0 Å². The number of hydrogen-bond acceptors (Lipinski definition) is 4. The molecule has 1 heterocycles. The van der Waals surface area contributed by atoms with Crippen molar-refractivity contribution in [2.24, 2.45) is 7.05 Å². The molecular formula is C7H10N4O2. The van der Waals surface area contributed by atoms with Gasteiger partial charge in [0.15, 0.2) is 0 Å². The van der Waals surface area contributed by atoms with Crippen LogP contribution in [0.3, 0.4) is 0 Å². The van der Waals surface area contributed by atoms with Gasteiger partial charge in [0, 0.05) is 13.6 Å². The second-order valence-corrected chi connectivity index (χ2v) is 2.45. The summed E-state index contributed by atoms with van der Waals surface area (Å²) in [6.07, 6.45) is 3.01. The van der Waals surface area contributed by atoms with Crippen molar-refractivity contribution in [1.29, 1.82) is 0 Å². The zero-order chi connectivity index (χ0) is 9.84. The van der Waals surface area contributed by atoms with Crippen molar-refractivity contribution in [1.82, 2.24) is 9.55 Å². The van der Waals surface area contributed by atoms with Crippen molar-refractivity contribution < 1.29 is 4.92 Å². The van der Waals surface area contributed by atoms with E-state index in [0.717, 1.165) is 0 Å². The predicted octanol–water partition coefficient (Wildman–Crippen LogP) is 0.926. The molecule has 1 aromatic heterocycles. The van der Waals surface area contributed by atoms with E-state index in [1.54, 1.807) is 17.7 Å². The van der Waals surface area contributed by atoms with Gasteiger partial charge in [0.05, 0.1) is 0 Å². The molecule has 0 spiro atoms. The lowest BCUT2D eigenvalue weighted by Crippen LogP contribution is -2.05. The van der Waals surface area contributed by atoms with Crippen LogP contribution in [0.4, 0.5) is 11.6 Å². The summed E-state index contributed by atoms with van der Waals surface area (Å²) in [5.74, 6) is 0.231. The summed E-state index contributed by atoms with van der Waals surface area (Å²) in [6.45, 7) is 3.97. The standard InChI is InChI=1S/C7H10N4O2/c1-3-4-8-6-7(11(12)13)9-5-10(6)2/h3,5,8H,1,4H2,2H3. The Morgan fingerprint density at radius 2 is 2.62 bits per heavy atom. The summed E-state index contributed by atoms with van der Waals surface area (Å²) in [4.78, 5) is 13.6. The molecule has 0 saturated heterocycles. The smallest absolute Gasteiger partial charge is 0.361 e. The average molecular weight is 182 g/mol. The second-order valence-electron chi connectivity index (χ2n) is 2.45.